The summed E-state index contributed by atoms with van der Waals surface area (Å²) in [5, 5.41) is 8.67. The molecule has 0 unspecified atom stereocenters. The zero-order valence-corrected chi connectivity index (χ0v) is 9.77. The number of nitrogens with zero attached hydrogens (tertiary/aromatic N) is 1. The van der Waals surface area contributed by atoms with Crippen LogP contribution in [0.4, 0.5) is 0 Å². The molecule has 6 nitrogen and oxygen atoms in total. The van der Waals surface area contributed by atoms with E-state index in [1.807, 2.05) is 0 Å². The number of hydrogen-bond acceptors (Lipinski definition) is 3. The maximum Gasteiger partial charge on any atom is 0.323 e. The van der Waals surface area contributed by atoms with Gasteiger partial charge in [0.05, 0.1) is 6.54 Å². The highest BCUT2D eigenvalue weighted by Gasteiger charge is 2.20. The van der Waals surface area contributed by atoms with E-state index in [4.69, 9.17) is 11.5 Å². The lowest BCUT2D eigenvalue weighted by molar-refractivity contribution is -0.137. The average Bonchev–Trinajstić information content (AvgIpc) is 2.27. The molecule has 0 aromatic carbocycles. The Bertz CT molecular complexity index is 568. The second-order valence-corrected chi connectivity index (χ2v) is 3.65. The van der Waals surface area contributed by atoms with Crippen molar-refractivity contribution in [2.45, 2.75) is 6.92 Å². The number of nitrogens with one attached hydrogen (secondary N) is 1. The Kier molecular flexibility index (Phi) is 4.27. The maximum absolute atomic E-state index is 11.9. The minimum Gasteiger partial charge on any atom is -0.480 e. The number of carboxylic acids is 1. The van der Waals surface area contributed by atoms with Crippen molar-refractivity contribution in [1.82, 2.24) is 9.88 Å². The second-order valence-electron chi connectivity index (χ2n) is 3.65. The molecule has 0 bridgehead atoms. The summed E-state index contributed by atoms with van der Waals surface area (Å²) in [6.45, 7) is 0.959. The van der Waals surface area contributed by atoms with E-state index < -0.39 is 23.9 Å². The van der Waals surface area contributed by atoms with Crippen molar-refractivity contribution in [3.05, 3.63) is 33.7 Å². The number of rotatable bonds is 4. The monoisotopic (exact) mass is 248 g/mol. The van der Waals surface area contributed by atoms with E-state index in [1.165, 1.54) is 12.3 Å². The van der Waals surface area contributed by atoms with E-state index in [9.17, 15) is 14.4 Å². The largest absolute Gasteiger partial charge is 0.480 e. The third-order valence-corrected chi connectivity index (χ3v) is 2.18. The lowest BCUT2D eigenvalue weighted by Gasteiger charge is -2.17. The fourth-order valence-corrected chi connectivity index (χ4v) is 1.38. The van der Waals surface area contributed by atoms with Gasteiger partial charge in [-0.3, -0.25) is 14.4 Å². The number of hydrogen-bond donors (Lipinski definition) is 2. The number of aryl methyl sites for hydroxylation is 1. The van der Waals surface area contributed by atoms with Crippen LogP contribution in [0.2, 0.25) is 0 Å². The minimum atomic E-state index is -1.19. The summed E-state index contributed by atoms with van der Waals surface area (Å²) < 4.78 is 0. The standard InChI is InChI=1S/C12H12N2O4/c1-3-4-14(7-11(16)17)12(18)9-6-13-8(2)5-10(9)15/h1,5-6H,4,7H2,2H3,(H,13,15)(H,16,17). The number of H-pyrrole nitrogens is 1. The van der Waals surface area contributed by atoms with Crippen molar-refractivity contribution in [3.63, 3.8) is 0 Å². The van der Waals surface area contributed by atoms with Crippen LogP contribution in [0.3, 0.4) is 0 Å². The first kappa shape index (κ1) is 13.5. The number of aromatic nitrogens is 1. The Balaban J connectivity index is 3.06. The average molecular weight is 248 g/mol. The number of terminal acetylenes is 1. The molecule has 0 aliphatic carbocycles. The molecule has 1 aromatic rings. The summed E-state index contributed by atoms with van der Waals surface area (Å²) >= 11 is 0. The zero-order valence-electron chi connectivity index (χ0n) is 9.77. The number of carboxylic acid groups (broad SMARTS) is 1. The van der Waals surface area contributed by atoms with Gasteiger partial charge in [-0.05, 0) is 6.92 Å². The van der Waals surface area contributed by atoms with Crippen LogP contribution in [0.25, 0.3) is 0 Å². The molecule has 0 saturated heterocycles. The molecule has 0 atom stereocenters. The first-order chi connectivity index (χ1) is 8.45. The Hall–Kier alpha value is -2.55. The van der Waals surface area contributed by atoms with Crippen LogP contribution in [0, 0.1) is 19.3 Å². The van der Waals surface area contributed by atoms with Gasteiger partial charge in [-0.25, -0.2) is 0 Å². The second kappa shape index (κ2) is 5.68. The molecule has 0 saturated carbocycles. The highest BCUT2D eigenvalue weighted by molar-refractivity contribution is 5.95. The molecule has 1 rings (SSSR count). The van der Waals surface area contributed by atoms with Crippen LogP contribution < -0.4 is 5.43 Å². The number of aliphatic carboxylic acids is 1. The summed E-state index contributed by atoms with van der Waals surface area (Å²) in [4.78, 5) is 37.8. The normalized spacial score (nSPS) is 9.56. The quantitative estimate of drug-likeness (QED) is 0.724. The van der Waals surface area contributed by atoms with E-state index in [0.717, 1.165) is 4.90 Å². The number of carbonyl (C=O) groups is 2. The molecule has 0 aliphatic rings. The van der Waals surface area contributed by atoms with Crippen LogP contribution in [0.1, 0.15) is 16.1 Å². The number of pyridine rings is 1. The molecule has 1 heterocycles. The highest BCUT2D eigenvalue weighted by atomic mass is 16.4. The van der Waals surface area contributed by atoms with Gasteiger partial charge in [-0.15, -0.1) is 6.42 Å². The Labute approximate surface area is 103 Å². The Morgan fingerprint density at radius 3 is 2.72 bits per heavy atom. The number of amides is 1. The fourth-order valence-electron chi connectivity index (χ4n) is 1.38. The molecule has 1 amide bonds. The summed E-state index contributed by atoms with van der Waals surface area (Å²) in [5.41, 5.74) is 0.0130. The van der Waals surface area contributed by atoms with Crippen molar-refractivity contribution in [2.24, 2.45) is 0 Å². The molecule has 0 radical (unpaired) electrons. The summed E-state index contributed by atoms with van der Waals surface area (Å²) in [6, 6.07) is 1.27. The molecular weight excluding hydrogens is 236 g/mol. The molecule has 0 fully saturated rings. The number of aromatic amines is 1. The van der Waals surface area contributed by atoms with Crippen LogP contribution in [-0.4, -0.2) is 40.0 Å². The van der Waals surface area contributed by atoms with Crippen LogP contribution in [-0.2, 0) is 4.79 Å². The van der Waals surface area contributed by atoms with Crippen molar-refractivity contribution in [1.29, 1.82) is 0 Å². The molecule has 2 N–H and O–H groups in total. The van der Waals surface area contributed by atoms with Gasteiger partial charge in [0.15, 0.2) is 5.43 Å². The summed E-state index contributed by atoms with van der Waals surface area (Å²) in [6.07, 6.45) is 6.32. The van der Waals surface area contributed by atoms with Crippen LogP contribution >= 0.6 is 0 Å². The Morgan fingerprint density at radius 1 is 1.56 bits per heavy atom. The van der Waals surface area contributed by atoms with Gasteiger partial charge >= 0.3 is 5.97 Å². The number of carbonyl (C=O) groups excluding carboxylic acids is 1. The van der Waals surface area contributed by atoms with E-state index >= 15 is 0 Å². The highest BCUT2D eigenvalue weighted by Crippen LogP contribution is 2.00. The van der Waals surface area contributed by atoms with E-state index in [1.54, 1.807) is 6.92 Å². The molecular formula is C12H12N2O4. The van der Waals surface area contributed by atoms with Gasteiger partial charge in [-0.1, -0.05) is 5.92 Å². The fraction of sp³-hybridized carbons (Fsp3) is 0.250. The topological polar surface area (TPSA) is 90.5 Å². The predicted molar refractivity (Wildman–Crippen MR) is 64.2 cm³/mol. The van der Waals surface area contributed by atoms with E-state index in [2.05, 4.69) is 10.9 Å². The van der Waals surface area contributed by atoms with Crippen LogP contribution in [0.5, 0.6) is 0 Å². The van der Waals surface area contributed by atoms with Gasteiger partial charge in [0.1, 0.15) is 12.1 Å². The van der Waals surface area contributed by atoms with E-state index in [0.29, 0.717) is 5.69 Å². The third-order valence-electron chi connectivity index (χ3n) is 2.18. The van der Waals surface area contributed by atoms with Gasteiger partial charge in [0.25, 0.3) is 5.91 Å². The molecule has 94 valence electrons. The van der Waals surface area contributed by atoms with Gasteiger partial charge < -0.3 is 15.0 Å². The molecule has 1 aromatic heterocycles. The Morgan fingerprint density at radius 2 is 2.22 bits per heavy atom. The van der Waals surface area contributed by atoms with Crippen molar-refractivity contribution >= 4 is 11.9 Å². The van der Waals surface area contributed by atoms with Crippen molar-refractivity contribution < 1.29 is 14.7 Å². The van der Waals surface area contributed by atoms with Gasteiger partial charge in [0.2, 0.25) is 0 Å². The zero-order chi connectivity index (χ0) is 13.7. The van der Waals surface area contributed by atoms with Gasteiger partial charge in [0, 0.05) is 18.0 Å². The SMILES string of the molecule is C#CCN(CC(=O)O)C(=O)c1c[nH]c(C)cc1=O. The molecule has 6 heteroatoms. The lowest BCUT2D eigenvalue weighted by Crippen LogP contribution is -2.38. The molecule has 0 aliphatic heterocycles. The molecule has 0 spiro atoms. The van der Waals surface area contributed by atoms with Crippen molar-refractivity contribution in [3.8, 4) is 12.3 Å². The first-order valence-corrected chi connectivity index (χ1v) is 5.09. The minimum absolute atomic E-state index is 0.128. The first-order valence-electron chi connectivity index (χ1n) is 5.09. The molecule has 18 heavy (non-hydrogen) atoms. The van der Waals surface area contributed by atoms with Crippen LogP contribution in [0.15, 0.2) is 17.1 Å². The lowest BCUT2D eigenvalue weighted by atomic mass is 10.2. The third kappa shape index (κ3) is 3.22. The van der Waals surface area contributed by atoms with E-state index in [-0.39, 0.29) is 12.1 Å². The van der Waals surface area contributed by atoms with Gasteiger partial charge in [-0.2, -0.15) is 0 Å². The summed E-state index contributed by atoms with van der Waals surface area (Å²) in [7, 11) is 0. The van der Waals surface area contributed by atoms with Crippen molar-refractivity contribution in [2.75, 3.05) is 13.1 Å². The smallest absolute Gasteiger partial charge is 0.323 e. The maximum atomic E-state index is 11.9. The predicted octanol–water partition coefficient (Wildman–Crippen LogP) is -0.157. The summed E-state index contributed by atoms with van der Waals surface area (Å²) in [5.74, 6) is 0.294.